The second-order valence-electron chi connectivity index (χ2n) is 10.7. The van der Waals surface area contributed by atoms with E-state index in [4.69, 9.17) is 13.6 Å². The summed E-state index contributed by atoms with van der Waals surface area (Å²) in [5.74, 6) is 0.628. The summed E-state index contributed by atoms with van der Waals surface area (Å²) in [5.41, 5.74) is 0.0814. The summed E-state index contributed by atoms with van der Waals surface area (Å²) in [5, 5.41) is 39.6. The number of aliphatic hydroxyl groups excluding tert-OH is 4. The highest BCUT2D eigenvalue weighted by Gasteiger charge is 2.30. The van der Waals surface area contributed by atoms with Crippen molar-refractivity contribution in [1.29, 1.82) is 0 Å². The molecule has 2 rings (SSSR count). The molecule has 1 unspecified atom stereocenters. The van der Waals surface area contributed by atoms with E-state index >= 15 is 0 Å². The first-order valence-corrected chi connectivity index (χ1v) is 14.5. The maximum Gasteiger partial charge on any atom is 0.307 e. The molecule has 10 nitrogen and oxygen atoms in total. The van der Waals surface area contributed by atoms with Gasteiger partial charge in [-0.2, -0.15) is 0 Å². The largest absolute Gasteiger partial charge is 0.445 e. The van der Waals surface area contributed by atoms with Gasteiger partial charge in [-0.05, 0) is 19.3 Å². The quantitative estimate of drug-likeness (QED) is 0.120. The third kappa shape index (κ3) is 12.2. The predicted octanol–water partition coefficient (Wildman–Crippen LogP) is 5.16. The van der Waals surface area contributed by atoms with Gasteiger partial charge in [0.2, 0.25) is 12.0 Å². The Morgan fingerprint density at radius 3 is 2.18 bits per heavy atom. The van der Waals surface area contributed by atoms with Gasteiger partial charge in [-0.25, -0.2) is 9.97 Å². The van der Waals surface area contributed by atoms with E-state index in [0.717, 1.165) is 25.2 Å². The number of oxazole rings is 2. The molecule has 222 valence electrons. The maximum absolute atomic E-state index is 12.6. The van der Waals surface area contributed by atoms with Crippen molar-refractivity contribution in [3.63, 3.8) is 0 Å². The van der Waals surface area contributed by atoms with Gasteiger partial charge in [-0.1, -0.05) is 78.1 Å². The van der Waals surface area contributed by atoms with Crippen LogP contribution in [0.3, 0.4) is 0 Å². The first kappa shape index (κ1) is 32.9. The lowest BCUT2D eigenvalue weighted by atomic mass is 9.99. The van der Waals surface area contributed by atoms with Gasteiger partial charge in [-0.15, -0.1) is 0 Å². The van der Waals surface area contributed by atoms with Crippen molar-refractivity contribution < 1.29 is 38.8 Å². The Morgan fingerprint density at radius 1 is 0.949 bits per heavy atom. The van der Waals surface area contributed by atoms with Crippen LogP contribution in [0.1, 0.15) is 134 Å². The Kier molecular flexibility index (Phi) is 15.3. The Labute approximate surface area is 231 Å². The average molecular weight is 553 g/mol. The number of nitrogens with zero attached hydrogens (tertiary/aromatic N) is 2. The summed E-state index contributed by atoms with van der Waals surface area (Å²) in [7, 11) is 0. The number of hydrogen-bond donors (Lipinski definition) is 4. The number of unbranched alkanes of at least 4 members (excludes halogenated alkanes) is 8. The lowest BCUT2D eigenvalue weighted by Crippen LogP contribution is -2.36. The average Bonchev–Trinajstić information content (AvgIpc) is 3.62. The van der Waals surface area contributed by atoms with E-state index in [9.17, 15) is 25.2 Å². The van der Waals surface area contributed by atoms with E-state index in [1.54, 1.807) is 0 Å². The summed E-state index contributed by atoms with van der Waals surface area (Å²) >= 11 is 0. The van der Waals surface area contributed by atoms with E-state index in [2.05, 4.69) is 23.8 Å². The number of carbonyl (C=O) groups excluding carboxylic acids is 1. The minimum Gasteiger partial charge on any atom is -0.445 e. The smallest absolute Gasteiger partial charge is 0.307 e. The van der Waals surface area contributed by atoms with Gasteiger partial charge in [-0.3, -0.25) is 4.79 Å². The number of hydrogen-bond acceptors (Lipinski definition) is 10. The monoisotopic (exact) mass is 552 g/mol. The molecule has 2 heterocycles. The molecule has 0 aliphatic carbocycles. The standard InChI is InChI=1S/C29H48N2O8/c1-4-20(2)14-12-10-8-6-5-7-9-11-13-15-26(35)39-28(25-17-30-19-38-25)29-31-22(18-37-29)23(33)16-24(34)27(36)21(3)32/h17-21,23-24,27-28,32-34,36H,4-16H2,1-3H3/t20?,21-,23+,24-,27+,28+/m1/s1. The highest BCUT2D eigenvalue weighted by Crippen LogP contribution is 2.29. The fourth-order valence-electron chi connectivity index (χ4n) is 4.36. The molecule has 39 heavy (non-hydrogen) atoms. The second kappa shape index (κ2) is 18.1. The zero-order valence-electron chi connectivity index (χ0n) is 23.7. The Morgan fingerprint density at radius 2 is 1.59 bits per heavy atom. The van der Waals surface area contributed by atoms with Gasteiger partial charge in [0, 0.05) is 12.8 Å². The molecule has 0 spiro atoms. The number of aromatic nitrogens is 2. The molecule has 0 aliphatic rings. The Hall–Kier alpha value is -2.27. The normalized spacial score (nSPS) is 16.4. The van der Waals surface area contributed by atoms with Crippen LogP contribution in [0.25, 0.3) is 0 Å². The predicted molar refractivity (Wildman–Crippen MR) is 144 cm³/mol. The molecular weight excluding hydrogens is 504 g/mol. The van der Waals surface area contributed by atoms with Gasteiger partial charge < -0.3 is 34.0 Å². The number of carbonyl (C=O) groups is 1. The van der Waals surface area contributed by atoms with Crippen LogP contribution in [0.4, 0.5) is 0 Å². The van der Waals surface area contributed by atoms with Crippen molar-refractivity contribution in [1.82, 2.24) is 9.97 Å². The van der Waals surface area contributed by atoms with Crippen LogP contribution in [0.2, 0.25) is 0 Å². The molecule has 0 aliphatic heterocycles. The summed E-state index contributed by atoms with van der Waals surface area (Å²) < 4.78 is 16.4. The van der Waals surface area contributed by atoms with E-state index in [1.807, 2.05) is 0 Å². The van der Waals surface area contributed by atoms with Crippen molar-refractivity contribution in [2.75, 3.05) is 0 Å². The van der Waals surface area contributed by atoms with Crippen molar-refractivity contribution in [3.05, 3.63) is 36.2 Å². The molecule has 0 aromatic carbocycles. The fourth-order valence-corrected chi connectivity index (χ4v) is 4.36. The van der Waals surface area contributed by atoms with Crippen LogP contribution < -0.4 is 0 Å². The maximum atomic E-state index is 12.6. The fraction of sp³-hybridized carbons (Fsp3) is 0.759. The molecule has 2 aromatic rings. The van der Waals surface area contributed by atoms with Crippen LogP contribution in [0, 0.1) is 5.92 Å². The summed E-state index contributed by atoms with van der Waals surface area (Å²) in [6.45, 7) is 5.91. The first-order chi connectivity index (χ1) is 18.7. The van der Waals surface area contributed by atoms with Crippen LogP contribution in [0.5, 0.6) is 0 Å². The molecular formula is C29H48N2O8. The number of rotatable bonds is 21. The number of esters is 1. The van der Waals surface area contributed by atoms with E-state index in [0.29, 0.717) is 0 Å². The molecule has 0 bridgehead atoms. The van der Waals surface area contributed by atoms with E-state index in [1.165, 1.54) is 77.1 Å². The van der Waals surface area contributed by atoms with Crippen LogP contribution in [-0.2, 0) is 9.53 Å². The summed E-state index contributed by atoms with van der Waals surface area (Å²) in [6.07, 6.45) is 10.4. The summed E-state index contributed by atoms with van der Waals surface area (Å²) in [4.78, 5) is 20.6. The second-order valence-corrected chi connectivity index (χ2v) is 10.7. The van der Waals surface area contributed by atoms with Crippen LogP contribution in [0.15, 0.2) is 27.7 Å². The van der Waals surface area contributed by atoms with Gasteiger partial charge in [0.1, 0.15) is 24.2 Å². The minimum atomic E-state index is -1.42. The third-order valence-electron chi connectivity index (χ3n) is 7.19. The summed E-state index contributed by atoms with van der Waals surface area (Å²) in [6, 6.07) is 0. The zero-order chi connectivity index (χ0) is 28.6. The van der Waals surface area contributed by atoms with Gasteiger partial charge in [0.05, 0.1) is 18.4 Å². The van der Waals surface area contributed by atoms with Gasteiger partial charge in [0.25, 0.3) is 0 Å². The van der Waals surface area contributed by atoms with Crippen LogP contribution in [-0.4, -0.2) is 54.7 Å². The SMILES string of the molecule is CCC(C)CCCCCCCCCCCC(=O)O[C@@H](c1cnco1)c1nc([C@@H](O)C[C@@H](O)[C@@H](O)[C@@H](C)O)co1. The molecule has 4 N–H and O–H groups in total. The molecule has 0 amide bonds. The van der Waals surface area contributed by atoms with Gasteiger partial charge in [0.15, 0.2) is 12.2 Å². The van der Waals surface area contributed by atoms with Crippen molar-refractivity contribution in [3.8, 4) is 0 Å². The van der Waals surface area contributed by atoms with E-state index in [-0.39, 0.29) is 30.2 Å². The Bertz CT molecular complexity index is 901. The first-order valence-electron chi connectivity index (χ1n) is 14.5. The van der Waals surface area contributed by atoms with Crippen LogP contribution >= 0.6 is 0 Å². The number of ether oxygens (including phenoxy) is 1. The third-order valence-corrected chi connectivity index (χ3v) is 7.19. The van der Waals surface area contributed by atoms with Gasteiger partial charge >= 0.3 is 5.97 Å². The molecule has 2 aromatic heterocycles. The van der Waals surface area contributed by atoms with Crippen molar-refractivity contribution >= 4 is 5.97 Å². The molecule has 0 radical (unpaired) electrons. The highest BCUT2D eigenvalue weighted by atomic mass is 16.6. The lowest BCUT2D eigenvalue weighted by Gasteiger charge is -2.21. The topological polar surface area (TPSA) is 159 Å². The molecule has 6 atom stereocenters. The zero-order valence-corrected chi connectivity index (χ0v) is 23.7. The molecule has 0 saturated carbocycles. The van der Waals surface area contributed by atoms with Crippen molar-refractivity contribution in [2.24, 2.45) is 5.92 Å². The van der Waals surface area contributed by atoms with E-state index < -0.39 is 36.5 Å². The molecule has 10 heteroatoms. The lowest BCUT2D eigenvalue weighted by molar-refractivity contribution is -0.149. The minimum absolute atomic E-state index is 0.0103. The number of aliphatic hydroxyl groups is 4. The molecule has 0 fully saturated rings. The highest BCUT2D eigenvalue weighted by molar-refractivity contribution is 5.69. The molecule has 0 saturated heterocycles. The Balaban J connectivity index is 1.74. The van der Waals surface area contributed by atoms with Crippen molar-refractivity contribution in [2.45, 2.75) is 135 Å².